The first-order valence-corrected chi connectivity index (χ1v) is 10.7. The van der Waals surface area contributed by atoms with E-state index in [1.807, 2.05) is 51.1 Å². The summed E-state index contributed by atoms with van der Waals surface area (Å²) in [6.45, 7) is 7.34. The van der Waals surface area contributed by atoms with E-state index < -0.39 is 0 Å². The minimum atomic E-state index is -0.0496. The lowest BCUT2D eigenvalue weighted by molar-refractivity contribution is 0.0917. The topological polar surface area (TPSA) is 42.4 Å². The fraction of sp³-hybridized carbons (Fsp3) is 0.364. The van der Waals surface area contributed by atoms with Gasteiger partial charge in [-0.25, -0.2) is 4.98 Å². The number of carbonyl (C=O) groups is 1. The van der Waals surface area contributed by atoms with Crippen LogP contribution in [0.25, 0.3) is 10.2 Å². The molecule has 0 aliphatic carbocycles. The standard InChI is InChI=1S/C22H23ClN2O2S/c1-13-6-8-16(11-15(13)3)21(26)25(12-17-5-4-10-27-17)22-24-19-14(2)7-9-18(23)20(19)28-22/h6-9,11,17H,4-5,10,12H2,1-3H3. The van der Waals surface area contributed by atoms with E-state index in [2.05, 4.69) is 0 Å². The molecule has 3 aromatic rings. The predicted octanol–water partition coefficient (Wildman–Crippen LogP) is 5.70. The number of rotatable bonds is 4. The molecular weight excluding hydrogens is 392 g/mol. The molecule has 1 atom stereocenters. The number of fused-ring (bicyclic) bond motifs is 1. The summed E-state index contributed by atoms with van der Waals surface area (Å²) in [5.41, 5.74) is 4.86. The van der Waals surface area contributed by atoms with Gasteiger partial charge < -0.3 is 4.74 Å². The average Bonchev–Trinajstić information content (AvgIpc) is 3.35. The highest BCUT2D eigenvalue weighted by Crippen LogP contribution is 2.36. The number of hydrogen-bond acceptors (Lipinski definition) is 4. The number of aromatic nitrogens is 1. The number of carbonyl (C=O) groups excluding carboxylic acids is 1. The van der Waals surface area contributed by atoms with E-state index in [0.717, 1.165) is 40.8 Å². The van der Waals surface area contributed by atoms with Gasteiger partial charge in [-0.05, 0) is 68.5 Å². The first-order valence-electron chi connectivity index (χ1n) is 9.50. The second-order valence-corrected chi connectivity index (χ2v) is 8.77. The molecule has 1 unspecified atom stereocenters. The van der Waals surface area contributed by atoms with Crippen molar-refractivity contribution in [1.29, 1.82) is 0 Å². The van der Waals surface area contributed by atoms with Crippen molar-refractivity contribution in [2.24, 2.45) is 0 Å². The molecule has 4 rings (SSSR count). The molecule has 0 bridgehead atoms. The summed E-state index contributed by atoms with van der Waals surface area (Å²) in [5, 5.41) is 1.34. The Balaban J connectivity index is 1.76. The summed E-state index contributed by atoms with van der Waals surface area (Å²) in [6.07, 6.45) is 2.03. The second-order valence-electron chi connectivity index (χ2n) is 7.39. The highest BCUT2D eigenvalue weighted by Gasteiger charge is 2.27. The number of benzene rings is 2. The number of aryl methyl sites for hydroxylation is 3. The molecule has 28 heavy (non-hydrogen) atoms. The van der Waals surface area contributed by atoms with Gasteiger partial charge in [0.2, 0.25) is 0 Å². The predicted molar refractivity (Wildman–Crippen MR) is 116 cm³/mol. The van der Waals surface area contributed by atoms with Crippen LogP contribution in [0, 0.1) is 20.8 Å². The van der Waals surface area contributed by atoms with Crippen molar-refractivity contribution in [3.05, 3.63) is 57.6 Å². The van der Waals surface area contributed by atoms with Gasteiger partial charge in [-0.15, -0.1) is 0 Å². The number of hydrogen-bond donors (Lipinski definition) is 0. The van der Waals surface area contributed by atoms with Crippen LogP contribution in [0.5, 0.6) is 0 Å². The second kappa shape index (κ2) is 7.82. The summed E-state index contributed by atoms with van der Waals surface area (Å²) < 4.78 is 6.73. The lowest BCUT2D eigenvalue weighted by Crippen LogP contribution is -2.37. The van der Waals surface area contributed by atoms with Gasteiger partial charge in [0.05, 0.1) is 27.9 Å². The maximum Gasteiger partial charge on any atom is 0.260 e. The van der Waals surface area contributed by atoms with Crippen molar-refractivity contribution in [3.8, 4) is 0 Å². The van der Waals surface area contributed by atoms with E-state index in [4.69, 9.17) is 21.3 Å². The molecule has 0 saturated carbocycles. The zero-order valence-corrected chi connectivity index (χ0v) is 17.9. The third-order valence-electron chi connectivity index (χ3n) is 5.33. The Morgan fingerprint density at radius 2 is 2.00 bits per heavy atom. The van der Waals surface area contributed by atoms with Gasteiger partial charge in [-0.1, -0.05) is 35.1 Å². The monoisotopic (exact) mass is 414 g/mol. The van der Waals surface area contributed by atoms with Gasteiger partial charge in [-0.2, -0.15) is 0 Å². The van der Waals surface area contributed by atoms with E-state index in [-0.39, 0.29) is 12.0 Å². The summed E-state index contributed by atoms with van der Waals surface area (Å²) >= 11 is 7.86. The molecule has 0 radical (unpaired) electrons. The van der Waals surface area contributed by atoms with Crippen molar-refractivity contribution < 1.29 is 9.53 Å². The van der Waals surface area contributed by atoms with E-state index in [0.29, 0.717) is 22.3 Å². The quantitative estimate of drug-likeness (QED) is 0.549. The molecule has 1 fully saturated rings. The van der Waals surface area contributed by atoms with Crippen LogP contribution in [0.3, 0.4) is 0 Å². The largest absolute Gasteiger partial charge is 0.376 e. The van der Waals surface area contributed by atoms with Crippen LogP contribution in [-0.4, -0.2) is 30.1 Å². The van der Waals surface area contributed by atoms with E-state index in [1.54, 1.807) is 4.90 Å². The maximum atomic E-state index is 13.4. The Bertz CT molecular complexity index is 1000. The van der Waals surface area contributed by atoms with Crippen LogP contribution in [0.4, 0.5) is 5.13 Å². The molecule has 1 aromatic heterocycles. The molecule has 146 valence electrons. The molecule has 0 N–H and O–H groups in total. The minimum absolute atomic E-state index is 0.0408. The first kappa shape index (κ1) is 19.4. The fourth-order valence-electron chi connectivity index (χ4n) is 3.48. The molecule has 1 aliphatic rings. The van der Waals surface area contributed by atoms with Crippen LogP contribution in [-0.2, 0) is 4.74 Å². The van der Waals surface area contributed by atoms with Crippen LogP contribution in [0.15, 0.2) is 30.3 Å². The van der Waals surface area contributed by atoms with Gasteiger partial charge in [0, 0.05) is 12.2 Å². The van der Waals surface area contributed by atoms with E-state index >= 15 is 0 Å². The Kier molecular flexibility index (Phi) is 5.41. The number of nitrogens with zero attached hydrogens (tertiary/aromatic N) is 2. The van der Waals surface area contributed by atoms with Crippen molar-refractivity contribution in [2.75, 3.05) is 18.1 Å². The highest BCUT2D eigenvalue weighted by molar-refractivity contribution is 7.23. The number of thiazole rings is 1. The Morgan fingerprint density at radius 1 is 1.21 bits per heavy atom. The molecule has 2 heterocycles. The van der Waals surface area contributed by atoms with E-state index in [9.17, 15) is 4.79 Å². The molecular formula is C22H23ClN2O2S. The fourth-order valence-corrected chi connectivity index (χ4v) is 4.80. The maximum absolute atomic E-state index is 13.4. The molecule has 1 aliphatic heterocycles. The number of amides is 1. The van der Waals surface area contributed by atoms with Crippen LogP contribution in [0.2, 0.25) is 5.02 Å². The SMILES string of the molecule is Cc1ccc(C(=O)N(CC2CCCO2)c2nc3c(C)ccc(Cl)c3s2)cc1C. The zero-order valence-electron chi connectivity index (χ0n) is 16.3. The van der Waals surface area contributed by atoms with Crippen LogP contribution < -0.4 is 4.90 Å². The third kappa shape index (κ3) is 3.66. The van der Waals surface area contributed by atoms with Crippen molar-refractivity contribution in [1.82, 2.24) is 4.98 Å². The molecule has 6 heteroatoms. The molecule has 0 spiro atoms. The number of halogens is 1. The van der Waals surface area contributed by atoms with Crippen molar-refractivity contribution >= 4 is 44.2 Å². The van der Waals surface area contributed by atoms with Gasteiger partial charge >= 0.3 is 0 Å². The Morgan fingerprint density at radius 3 is 2.68 bits per heavy atom. The summed E-state index contributed by atoms with van der Waals surface area (Å²) in [6, 6.07) is 9.68. The molecule has 4 nitrogen and oxygen atoms in total. The molecule has 2 aromatic carbocycles. The average molecular weight is 415 g/mol. The van der Waals surface area contributed by atoms with Gasteiger partial charge in [0.1, 0.15) is 0 Å². The number of anilines is 1. The highest BCUT2D eigenvalue weighted by atomic mass is 35.5. The summed E-state index contributed by atoms with van der Waals surface area (Å²) in [4.78, 5) is 20.0. The molecule has 1 amide bonds. The van der Waals surface area contributed by atoms with Crippen LogP contribution >= 0.6 is 22.9 Å². The third-order valence-corrected chi connectivity index (χ3v) is 6.86. The Hall–Kier alpha value is -1.95. The summed E-state index contributed by atoms with van der Waals surface area (Å²) in [7, 11) is 0. The van der Waals surface area contributed by atoms with Crippen molar-refractivity contribution in [2.45, 2.75) is 39.7 Å². The lowest BCUT2D eigenvalue weighted by atomic mass is 10.1. The minimum Gasteiger partial charge on any atom is -0.376 e. The van der Waals surface area contributed by atoms with Crippen LogP contribution in [0.1, 0.15) is 39.9 Å². The first-order chi connectivity index (χ1) is 13.4. The zero-order chi connectivity index (χ0) is 19.8. The van der Waals surface area contributed by atoms with Crippen molar-refractivity contribution in [3.63, 3.8) is 0 Å². The van der Waals surface area contributed by atoms with Gasteiger partial charge in [0.25, 0.3) is 5.91 Å². The van der Waals surface area contributed by atoms with E-state index in [1.165, 1.54) is 16.9 Å². The number of ether oxygens (including phenoxy) is 1. The van der Waals surface area contributed by atoms with Gasteiger partial charge in [0.15, 0.2) is 5.13 Å². The van der Waals surface area contributed by atoms with Gasteiger partial charge in [-0.3, -0.25) is 9.69 Å². The summed E-state index contributed by atoms with van der Waals surface area (Å²) in [5.74, 6) is -0.0496. The Labute approximate surface area is 174 Å². The smallest absolute Gasteiger partial charge is 0.260 e. The lowest BCUT2D eigenvalue weighted by Gasteiger charge is -2.23. The molecule has 1 saturated heterocycles. The normalized spacial score (nSPS) is 16.6.